The number of hydrogen-bond donors (Lipinski definition) is 1. The fourth-order valence-electron chi connectivity index (χ4n) is 2.75. The van der Waals surface area contributed by atoms with Gasteiger partial charge < -0.3 is 5.32 Å². The van der Waals surface area contributed by atoms with Gasteiger partial charge in [-0.15, -0.1) is 0 Å². The topological polar surface area (TPSA) is 41.5 Å². The molecule has 0 aromatic heterocycles. The minimum absolute atomic E-state index is 0.0596. The molecule has 1 saturated carbocycles. The van der Waals surface area contributed by atoms with Crippen molar-refractivity contribution < 1.29 is 4.79 Å². The van der Waals surface area contributed by atoms with Gasteiger partial charge in [0.15, 0.2) is 0 Å². The van der Waals surface area contributed by atoms with E-state index in [1.54, 1.807) is 12.1 Å². The molecule has 1 fully saturated rings. The molecule has 1 aliphatic carbocycles. The SMILES string of the molecule is C=Cc1cccc(C(=O)NC2CCC(C)CC2)c1N=C.CC. The summed E-state index contributed by atoms with van der Waals surface area (Å²) >= 11 is 0. The lowest BCUT2D eigenvalue weighted by atomic mass is 9.87. The average Bonchev–Trinajstić information content (AvgIpc) is 2.57. The molecule has 0 radical (unpaired) electrons. The molecule has 1 amide bonds. The first-order valence-corrected chi connectivity index (χ1v) is 8.18. The molecule has 0 spiro atoms. The maximum absolute atomic E-state index is 12.4. The van der Waals surface area contributed by atoms with Crippen molar-refractivity contribution in [3.8, 4) is 0 Å². The molecule has 3 nitrogen and oxygen atoms in total. The van der Waals surface area contributed by atoms with E-state index in [2.05, 4.69) is 30.5 Å². The smallest absolute Gasteiger partial charge is 0.253 e. The summed E-state index contributed by atoms with van der Waals surface area (Å²) in [6.45, 7) is 13.6. The van der Waals surface area contributed by atoms with Crippen LogP contribution in [0.5, 0.6) is 0 Å². The van der Waals surface area contributed by atoms with Crippen LogP contribution < -0.4 is 5.32 Å². The van der Waals surface area contributed by atoms with Crippen LogP contribution in [0.3, 0.4) is 0 Å². The van der Waals surface area contributed by atoms with Crippen molar-refractivity contribution in [2.75, 3.05) is 0 Å². The van der Waals surface area contributed by atoms with E-state index in [0.29, 0.717) is 11.3 Å². The third-order valence-electron chi connectivity index (χ3n) is 4.04. The van der Waals surface area contributed by atoms with Gasteiger partial charge in [0.25, 0.3) is 5.91 Å². The highest BCUT2D eigenvalue weighted by molar-refractivity contribution is 6.01. The largest absolute Gasteiger partial charge is 0.349 e. The second kappa shape index (κ2) is 9.19. The molecule has 3 heteroatoms. The van der Waals surface area contributed by atoms with Crippen molar-refractivity contribution in [3.63, 3.8) is 0 Å². The van der Waals surface area contributed by atoms with E-state index in [4.69, 9.17) is 0 Å². The zero-order valence-corrected chi connectivity index (χ0v) is 14.1. The van der Waals surface area contributed by atoms with Gasteiger partial charge in [-0.05, 0) is 44.4 Å². The maximum Gasteiger partial charge on any atom is 0.253 e. The lowest BCUT2D eigenvalue weighted by Crippen LogP contribution is -2.37. The quantitative estimate of drug-likeness (QED) is 0.781. The van der Waals surface area contributed by atoms with Gasteiger partial charge in [0.05, 0.1) is 11.3 Å². The van der Waals surface area contributed by atoms with E-state index in [0.717, 1.165) is 24.3 Å². The number of carbonyl (C=O) groups is 1. The van der Waals surface area contributed by atoms with E-state index < -0.39 is 0 Å². The monoisotopic (exact) mass is 300 g/mol. The molecule has 0 unspecified atom stereocenters. The molecule has 0 bridgehead atoms. The van der Waals surface area contributed by atoms with Gasteiger partial charge in [0, 0.05) is 11.6 Å². The predicted molar refractivity (Wildman–Crippen MR) is 96.0 cm³/mol. The first kappa shape index (κ1) is 18.1. The van der Waals surface area contributed by atoms with Crippen molar-refractivity contribution in [1.82, 2.24) is 5.32 Å². The standard InChI is InChI=1S/C17H22N2O.C2H6/c1-4-13-6-5-7-15(16(13)18-3)17(20)19-14-10-8-12(2)9-11-14;1-2/h4-7,12,14H,1,3,8-11H2,2H3,(H,19,20);1-2H3. The van der Waals surface area contributed by atoms with Crippen LogP contribution in [0.15, 0.2) is 29.8 Å². The molecular weight excluding hydrogens is 272 g/mol. The third-order valence-corrected chi connectivity index (χ3v) is 4.04. The summed E-state index contributed by atoms with van der Waals surface area (Å²) in [6, 6.07) is 5.81. The molecule has 0 atom stereocenters. The molecule has 1 N–H and O–H groups in total. The fraction of sp³-hybridized carbons (Fsp3) is 0.474. The Labute approximate surface area is 134 Å². The summed E-state index contributed by atoms with van der Waals surface area (Å²) in [5.74, 6) is 0.716. The molecule has 0 aliphatic heterocycles. The number of nitrogens with zero attached hydrogens (tertiary/aromatic N) is 1. The predicted octanol–water partition coefficient (Wildman–Crippen LogP) is 5.00. The van der Waals surface area contributed by atoms with E-state index >= 15 is 0 Å². The summed E-state index contributed by atoms with van der Waals surface area (Å²) in [6.07, 6.45) is 6.19. The Kier molecular flexibility index (Phi) is 7.58. The Hall–Kier alpha value is -1.90. The summed E-state index contributed by atoms with van der Waals surface area (Å²) in [5, 5.41) is 3.12. The zero-order chi connectivity index (χ0) is 16.5. The molecule has 1 aliphatic rings. The highest BCUT2D eigenvalue weighted by atomic mass is 16.1. The Morgan fingerprint density at radius 1 is 1.27 bits per heavy atom. The van der Waals surface area contributed by atoms with Gasteiger partial charge in [0.2, 0.25) is 0 Å². The first-order chi connectivity index (χ1) is 10.7. The van der Waals surface area contributed by atoms with E-state index in [1.165, 1.54) is 12.8 Å². The Morgan fingerprint density at radius 3 is 2.45 bits per heavy atom. The third kappa shape index (κ3) is 4.55. The van der Waals surface area contributed by atoms with Crippen LogP contribution in [0.25, 0.3) is 6.08 Å². The Morgan fingerprint density at radius 2 is 1.91 bits per heavy atom. The van der Waals surface area contributed by atoms with Crippen LogP contribution in [-0.2, 0) is 0 Å². The fourth-order valence-corrected chi connectivity index (χ4v) is 2.75. The second-order valence-electron chi connectivity index (χ2n) is 5.54. The molecule has 1 aromatic carbocycles. The molecule has 2 rings (SSSR count). The Balaban J connectivity index is 0.00000116. The summed E-state index contributed by atoms with van der Waals surface area (Å²) in [4.78, 5) is 16.4. The summed E-state index contributed by atoms with van der Waals surface area (Å²) < 4.78 is 0. The van der Waals surface area contributed by atoms with Gasteiger partial charge >= 0.3 is 0 Å². The highest BCUT2D eigenvalue weighted by Crippen LogP contribution is 2.27. The number of benzene rings is 1. The minimum atomic E-state index is -0.0596. The van der Waals surface area contributed by atoms with Crippen LogP contribution in [0, 0.1) is 5.92 Å². The van der Waals surface area contributed by atoms with Crippen LogP contribution in [0.4, 0.5) is 5.69 Å². The van der Waals surface area contributed by atoms with E-state index in [1.807, 2.05) is 26.0 Å². The van der Waals surface area contributed by atoms with Crippen molar-refractivity contribution in [2.24, 2.45) is 10.9 Å². The molecule has 22 heavy (non-hydrogen) atoms. The Bertz CT molecular complexity index is 514. The number of para-hydroxylation sites is 1. The average molecular weight is 300 g/mol. The van der Waals surface area contributed by atoms with Crippen molar-refractivity contribution in [1.29, 1.82) is 0 Å². The second-order valence-corrected chi connectivity index (χ2v) is 5.54. The van der Waals surface area contributed by atoms with Crippen LogP contribution >= 0.6 is 0 Å². The van der Waals surface area contributed by atoms with E-state index in [-0.39, 0.29) is 11.9 Å². The minimum Gasteiger partial charge on any atom is -0.349 e. The number of nitrogens with one attached hydrogen (secondary N) is 1. The number of carbonyl (C=O) groups excluding carboxylic acids is 1. The van der Waals surface area contributed by atoms with E-state index in [9.17, 15) is 4.79 Å². The van der Waals surface area contributed by atoms with Crippen LogP contribution in [0.1, 0.15) is 62.4 Å². The number of aliphatic imine (C=N–C) groups is 1. The van der Waals surface area contributed by atoms with Crippen molar-refractivity contribution >= 4 is 24.4 Å². The first-order valence-electron chi connectivity index (χ1n) is 8.18. The van der Waals surface area contributed by atoms with Gasteiger partial charge in [-0.1, -0.05) is 45.6 Å². The highest BCUT2D eigenvalue weighted by Gasteiger charge is 2.21. The molecule has 120 valence electrons. The van der Waals surface area contributed by atoms with Gasteiger partial charge in [-0.2, -0.15) is 0 Å². The molecular formula is C19H28N2O. The normalized spacial score (nSPS) is 20.3. The number of hydrogen-bond acceptors (Lipinski definition) is 2. The lowest BCUT2D eigenvalue weighted by Gasteiger charge is -2.27. The van der Waals surface area contributed by atoms with Crippen LogP contribution in [-0.4, -0.2) is 18.7 Å². The molecule has 0 heterocycles. The zero-order valence-electron chi connectivity index (χ0n) is 14.1. The molecule has 1 aromatic rings. The maximum atomic E-state index is 12.4. The lowest BCUT2D eigenvalue weighted by molar-refractivity contribution is 0.0923. The van der Waals surface area contributed by atoms with Crippen molar-refractivity contribution in [2.45, 2.75) is 52.5 Å². The van der Waals surface area contributed by atoms with Gasteiger partial charge in [0.1, 0.15) is 0 Å². The summed E-state index contributed by atoms with van der Waals surface area (Å²) in [5.41, 5.74) is 2.03. The van der Waals surface area contributed by atoms with Gasteiger partial charge in [-0.25, -0.2) is 0 Å². The number of rotatable bonds is 4. The van der Waals surface area contributed by atoms with Crippen molar-refractivity contribution in [3.05, 3.63) is 35.9 Å². The molecule has 0 saturated heterocycles. The summed E-state index contributed by atoms with van der Waals surface area (Å²) in [7, 11) is 0. The number of amides is 1. The van der Waals surface area contributed by atoms with Gasteiger partial charge in [-0.3, -0.25) is 9.79 Å². The van der Waals surface area contributed by atoms with Crippen LogP contribution in [0.2, 0.25) is 0 Å².